The minimum Gasteiger partial charge on any atom is -0.330 e. The van der Waals surface area contributed by atoms with Gasteiger partial charge in [0.1, 0.15) is 0 Å². The summed E-state index contributed by atoms with van der Waals surface area (Å²) in [5.41, 5.74) is 5.81. The maximum Gasteiger partial charge on any atom is 0.254 e. The van der Waals surface area contributed by atoms with Crippen LogP contribution in [0.25, 0.3) is 0 Å². The van der Waals surface area contributed by atoms with E-state index in [1.807, 2.05) is 42.9 Å². The number of hydrogen-bond acceptors (Lipinski definition) is 2. The Kier molecular flexibility index (Phi) is 4.36. The lowest BCUT2D eigenvalue weighted by Crippen LogP contribution is -2.38. The molecule has 2 aliphatic rings. The molecule has 0 unspecified atom stereocenters. The third-order valence-electron chi connectivity index (χ3n) is 5.81. The second-order valence-corrected chi connectivity index (χ2v) is 7.59. The Labute approximate surface area is 149 Å². The number of rotatable bonds is 4. The van der Waals surface area contributed by atoms with Crippen molar-refractivity contribution in [2.45, 2.75) is 64.5 Å². The zero-order chi connectivity index (χ0) is 17.4. The summed E-state index contributed by atoms with van der Waals surface area (Å²) in [5, 5.41) is 4.76. The summed E-state index contributed by atoms with van der Waals surface area (Å²) in [6.07, 6.45) is 8.12. The van der Waals surface area contributed by atoms with Crippen LogP contribution in [0.1, 0.15) is 65.0 Å². The molecule has 1 saturated carbocycles. The number of carbonyl (C=O) groups is 1. The van der Waals surface area contributed by atoms with Gasteiger partial charge in [-0.2, -0.15) is 5.10 Å². The van der Waals surface area contributed by atoms with Crippen molar-refractivity contribution in [1.82, 2.24) is 14.7 Å². The molecule has 4 rings (SSSR count). The molecule has 0 spiro atoms. The zero-order valence-electron chi connectivity index (χ0n) is 15.3. The summed E-state index contributed by atoms with van der Waals surface area (Å²) >= 11 is 0. The van der Waals surface area contributed by atoms with Gasteiger partial charge in [-0.25, -0.2) is 0 Å². The lowest BCUT2D eigenvalue weighted by atomic mass is 10.1. The molecule has 1 aromatic heterocycles. The lowest BCUT2D eigenvalue weighted by molar-refractivity contribution is 0.0661. The molecular weight excluding hydrogens is 310 g/mol. The first-order valence-electron chi connectivity index (χ1n) is 9.55. The average molecular weight is 337 g/mol. The van der Waals surface area contributed by atoms with Crippen LogP contribution in [-0.4, -0.2) is 26.6 Å². The minimum absolute atomic E-state index is 0.160. The van der Waals surface area contributed by atoms with Gasteiger partial charge in [-0.3, -0.25) is 9.48 Å². The summed E-state index contributed by atoms with van der Waals surface area (Å²) in [4.78, 5) is 15.4. The van der Waals surface area contributed by atoms with E-state index in [0.29, 0.717) is 12.6 Å². The second-order valence-electron chi connectivity index (χ2n) is 7.59. The van der Waals surface area contributed by atoms with Crippen LogP contribution in [0.2, 0.25) is 0 Å². The van der Waals surface area contributed by atoms with Crippen LogP contribution in [0.15, 0.2) is 24.3 Å². The number of benzene rings is 1. The van der Waals surface area contributed by atoms with Gasteiger partial charge < -0.3 is 4.90 Å². The van der Waals surface area contributed by atoms with Crippen molar-refractivity contribution in [2.75, 3.05) is 0 Å². The molecule has 1 aromatic carbocycles. The van der Waals surface area contributed by atoms with E-state index in [9.17, 15) is 4.79 Å². The third-order valence-corrected chi connectivity index (χ3v) is 5.81. The molecule has 25 heavy (non-hydrogen) atoms. The average Bonchev–Trinajstić information content (AvgIpc) is 3.33. The fraction of sp³-hybridized carbons (Fsp3) is 0.524. The van der Waals surface area contributed by atoms with Crippen LogP contribution in [0.5, 0.6) is 0 Å². The van der Waals surface area contributed by atoms with Crippen LogP contribution in [0, 0.1) is 6.92 Å². The number of amides is 1. The standard InChI is InChI=1S/C21H27N3O/c1-15-7-5-8-16(13-15)21(25)24(17-9-3-4-10-17)14-19-18-11-6-12-20(18)23(2)22-19/h5,7-8,13,17H,3-4,6,9-12,14H2,1-2H3. The highest BCUT2D eigenvalue weighted by molar-refractivity contribution is 5.94. The highest BCUT2D eigenvalue weighted by Crippen LogP contribution is 2.30. The predicted octanol–water partition coefficient (Wildman–Crippen LogP) is 3.80. The molecule has 0 aliphatic heterocycles. The molecule has 0 radical (unpaired) electrons. The van der Waals surface area contributed by atoms with E-state index in [4.69, 9.17) is 5.10 Å². The van der Waals surface area contributed by atoms with E-state index in [1.54, 1.807) is 0 Å². The van der Waals surface area contributed by atoms with Gasteiger partial charge in [-0.1, -0.05) is 30.5 Å². The Hall–Kier alpha value is -2.10. The van der Waals surface area contributed by atoms with Crippen molar-refractivity contribution in [3.05, 3.63) is 52.3 Å². The van der Waals surface area contributed by atoms with Crippen molar-refractivity contribution in [2.24, 2.45) is 7.05 Å². The Morgan fingerprint density at radius 3 is 2.80 bits per heavy atom. The SMILES string of the molecule is Cc1cccc(C(=O)N(Cc2nn(C)c3c2CCC3)C2CCCC2)c1. The molecule has 1 fully saturated rings. The zero-order valence-corrected chi connectivity index (χ0v) is 15.3. The molecule has 1 amide bonds. The number of aromatic nitrogens is 2. The van der Waals surface area contributed by atoms with Crippen molar-refractivity contribution in [1.29, 1.82) is 0 Å². The molecule has 1 heterocycles. The normalized spacial score (nSPS) is 17.0. The molecule has 0 atom stereocenters. The Morgan fingerprint density at radius 1 is 1.24 bits per heavy atom. The van der Waals surface area contributed by atoms with E-state index in [-0.39, 0.29) is 5.91 Å². The molecule has 132 valence electrons. The Morgan fingerprint density at radius 2 is 2.04 bits per heavy atom. The monoisotopic (exact) mass is 337 g/mol. The van der Waals surface area contributed by atoms with E-state index in [1.165, 1.54) is 30.5 Å². The quantitative estimate of drug-likeness (QED) is 0.851. The van der Waals surface area contributed by atoms with Crippen molar-refractivity contribution < 1.29 is 4.79 Å². The van der Waals surface area contributed by atoms with Crippen molar-refractivity contribution >= 4 is 5.91 Å². The first-order valence-corrected chi connectivity index (χ1v) is 9.55. The highest BCUT2D eigenvalue weighted by Gasteiger charge is 2.30. The summed E-state index contributed by atoms with van der Waals surface area (Å²) < 4.78 is 2.03. The van der Waals surface area contributed by atoms with Gasteiger partial charge in [0.25, 0.3) is 5.91 Å². The van der Waals surface area contributed by atoms with E-state index in [2.05, 4.69) is 4.90 Å². The number of fused-ring (bicyclic) bond motifs is 1. The Balaban J connectivity index is 1.65. The number of aryl methyl sites for hydroxylation is 2. The van der Waals surface area contributed by atoms with Gasteiger partial charge in [0.15, 0.2) is 0 Å². The van der Waals surface area contributed by atoms with Gasteiger partial charge in [0.05, 0.1) is 12.2 Å². The highest BCUT2D eigenvalue weighted by atomic mass is 16.2. The predicted molar refractivity (Wildman–Crippen MR) is 98.5 cm³/mol. The topological polar surface area (TPSA) is 38.1 Å². The van der Waals surface area contributed by atoms with E-state index in [0.717, 1.165) is 42.5 Å². The summed E-state index contributed by atoms with van der Waals surface area (Å²) in [6.45, 7) is 2.70. The third kappa shape index (κ3) is 3.10. The maximum absolute atomic E-state index is 13.3. The van der Waals surface area contributed by atoms with Crippen LogP contribution >= 0.6 is 0 Å². The summed E-state index contributed by atoms with van der Waals surface area (Å²) in [6, 6.07) is 8.33. The first kappa shape index (κ1) is 16.4. The van der Waals surface area contributed by atoms with Crippen molar-refractivity contribution in [3.63, 3.8) is 0 Å². The Bertz CT molecular complexity index is 786. The molecule has 0 saturated heterocycles. The molecule has 0 bridgehead atoms. The van der Waals surface area contributed by atoms with Crippen LogP contribution in [-0.2, 0) is 26.4 Å². The summed E-state index contributed by atoms with van der Waals surface area (Å²) in [5.74, 6) is 0.160. The fourth-order valence-electron chi connectivity index (χ4n) is 4.51. The molecular formula is C21H27N3O. The molecule has 4 nitrogen and oxygen atoms in total. The van der Waals surface area contributed by atoms with E-state index < -0.39 is 0 Å². The van der Waals surface area contributed by atoms with E-state index >= 15 is 0 Å². The summed E-state index contributed by atoms with van der Waals surface area (Å²) in [7, 11) is 2.04. The van der Waals surface area contributed by atoms with Gasteiger partial charge in [-0.15, -0.1) is 0 Å². The van der Waals surface area contributed by atoms with Crippen molar-refractivity contribution in [3.8, 4) is 0 Å². The minimum atomic E-state index is 0.160. The number of carbonyl (C=O) groups excluding carboxylic acids is 1. The molecule has 4 heteroatoms. The van der Waals surface area contributed by atoms with Crippen LogP contribution < -0.4 is 0 Å². The van der Waals surface area contributed by atoms with Gasteiger partial charge in [-0.05, 0) is 56.7 Å². The molecule has 2 aromatic rings. The fourth-order valence-corrected chi connectivity index (χ4v) is 4.51. The largest absolute Gasteiger partial charge is 0.330 e. The number of hydrogen-bond donors (Lipinski definition) is 0. The van der Waals surface area contributed by atoms with Gasteiger partial charge in [0, 0.05) is 24.3 Å². The first-order chi connectivity index (χ1) is 12.1. The second kappa shape index (κ2) is 6.66. The number of nitrogens with zero attached hydrogens (tertiary/aromatic N) is 3. The molecule has 0 N–H and O–H groups in total. The molecule has 2 aliphatic carbocycles. The van der Waals surface area contributed by atoms with Crippen LogP contribution in [0.4, 0.5) is 0 Å². The van der Waals surface area contributed by atoms with Gasteiger partial charge in [0.2, 0.25) is 0 Å². The smallest absolute Gasteiger partial charge is 0.254 e. The van der Waals surface area contributed by atoms with Crippen LogP contribution in [0.3, 0.4) is 0 Å². The van der Waals surface area contributed by atoms with Gasteiger partial charge >= 0.3 is 0 Å². The lowest BCUT2D eigenvalue weighted by Gasteiger charge is -2.29. The maximum atomic E-state index is 13.3.